The maximum absolute atomic E-state index is 12.1. The van der Waals surface area contributed by atoms with E-state index in [0.717, 1.165) is 43.9 Å². The maximum atomic E-state index is 12.1. The van der Waals surface area contributed by atoms with E-state index < -0.39 is 10.0 Å². The zero-order valence-corrected chi connectivity index (χ0v) is 20.5. The molecule has 1 aromatic rings. The van der Waals surface area contributed by atoms with Gasteiger partial charge in [-0.3, -0.25) is 0 Å². The molecule has 9 heteroatoms. The summed E-state index contributed by atoms with van der Waals surface area (Å²) in [5.74, 6) is 1.14. The van der Waals surface area contributed by atoms with Crippen LogP contribution in [-0.2, 0) is 16.6 Å². The lowest BCUT2D eigenvalue weighted by molar-refractivity contribution is 0.251. The number of guanidine groups is 1. The summed E-state index contributed by atoms with van der Waals surface area (Å²) in [5.41, 5.74) is 0.936. The summed E-state index contributed by atoms with van der Waals surface area (Å²) in [6.07, 6.45) is 2.93. The van der Waals surface area contributed by atoms with Crippen LogP contribution in [0.3, 0.4) is 0 Å². The Bertz CT molecular complexity index is 673. The quantitative estimate of drug-likeness (QED) is 0.234. The van der Waals surface area contributed by atoms with Crippen LogP contribution >= 0.6 is 24.0 Å². The van der Waals surface area contributed by atoms with Crippen molar-refractivity contribution in [1.82, 2.24) is 14.9 Å². The lowest BCUT2D eigenvalue weighted by Gasteiger charge is -2.18. The van der Waals surface area contributed by atoms with Gasteiger partial charge in [0.15, 0.2) is 5.96 Å². The summed E-state index contributed by atoms with van der Waals surface area (Å²) >= 11 is 0. The van der Waals surface area contributed by atoms with E-state index in [1.54, 1.807) is 24.3 Å². The summed E-state index contributed by atoms with van der Waals surface area (Å²) in [4.78, 5) is 4.85. The predicted octanol–water partition coefficient (Wildman–Crippen LogP) is 2.41. The molecule has 0 heterocycles. The van der Waals surface area contributed by atoms with E-state index in [9.17, 15) is 13.5 Å². The van der Waals surface area contributed by atoms with Gasteiger partial charge in [0.2, 0.25) is 10.0 Å². The number of aliphatic hydroxyl groups excluding tert-OH is 1. The molecule has 7 nitrogen and oxygen atoms in total. The second-order valence-corrected chi connectivity index (χ2v) is 8.83. The van der Waals surface area contributed by atoms with Crippen LogP contribution in [-0.4, -0.2) is 57.6 Å². The van der Waals surface area contributed by atoms with E-state index in [2.05, 4.69) is 22.5 Å². The molecule has 1 rings (SSSR count). The first-order chi connectivity index (χ1) is 12.8. The van der Waals surface area contributed by atoms with E-state index in [1.165, 1.54) is 18.4 Å². The fraction of sp³-hybridized carbons (Fsp3) is 0.632. The highest BCUT2D eigenvalue weighted by Crippen LogP contribution is 2.14. The smallest absolute Gasteiger partial charge is 0.242 e. The Hall–Kier alpha value is -0.910. The number of aliphatic imine (C=N–C) groups is 1. The van der Waals surface area contributed by atoms with E-state index in [-0.39, 0.29) is 35.5 Å². The van der Waals surface area contributed by atoms with Crippen LogP contribution in [0.25, 0.3) is 0 Å². The first-order valence-electron chi connectivity index (χ1n) is 9.49. The first kappa shape index (κ1) is 27.1. The van der Waals surface area contributed by atoms with Gasteiger partial charge in [0.25, 0.3) is 0 Å². The highest BCUT2D eigenvalue weighted by molar-refractivity contribution is 14.0. The van der Waals surface area contributed by atoms with Crippen LogP contribution in [0.1, 0.15) is 38.7 Å². The molecule has 0 aromatic heterocycles. The van der Waals surface area contributed by atoms with Gasteiger partial charge < -0.3 is 15.7 Å². The molecule has 0 bridgehead atoms. The minimum Gasteiger partial charge on any atom is -0.396 e. The zero-order valence-electron chi connectivity index (χ0n) is 17.3. The third-order valence-electron chi connectivity index (χ3n) is 4.26. The van der Waals surface area contributed by atoms with Crippen LogP contribution < -0.4 is 10.6 Å². The van der Waals surface area contributed by atoms with E-state index in [4.69, 9.17) is 0 Å². The summed E-state index contributed by atoms with van der Waals surface area (Å²) in [6, 6.07) is 6.79. The van der Waals surface area contributed by atoms with Crippen molar-refractivity contribution < 1.29 is 13.5 Å². The average Bonchev–Trinajstić information content (AvgIpc) is 2.64. The number of hydrogen-bond acceptors (Lipinski definition) is 4. The van der Waals surface area contributed by atoms with Gasteiger partial charge in [-0.25, -0.2) is 17.7 Å². The van der Waals surface area contributed by atoms with Crippen molar-refractivity contribution in [3.05, 3.63) is 29.8 Å². The van der Waals surface area contributed by atoms with Crippen molar-refractivity contribution in [2.24, 2.45) is 10.9 Å². The number of halogens is 1. The third kappa shape index (κ3) is 9.06. The molecular weight excluding hydrogens is 491 g/mol. The van der Waals surface area contributed by atoms with Crippen molar-refractivity contribution >= 4 is 40.0 Å². The molecule has 1 aromatic carbocycles. The Morgan fingerprint density at radius 2 is 1.79 bits per heavy atom. The zero-order chi connectivity index (χ0) is 20.3. The van der Waals surface area contributed by atoms with E-state index >= 15 is 0 Å². The van der Waals surface area contributed by atoms with E-state index in [0.29, 0.717) is 12.5 Å². The minimum absolute atomic E-state index is 0. The molecule has 0 fully saturated rings. The van der Waals surface area contributed by atoms with Gasteiger partial charge in [0.05, 0.1) is 11.4 Å². The van der Waals surface area contributed by atoms with Gasteiger partial charge in [-0.05, 0) is 43.4 Å². The van der Waals surface area contributed by atoms with Gasteiger partial charge in [-0.1, -0.05) is 25.5 Å². The third-order valence-corrected chi connectivity index (χ3v) is 6.09. The van der Waals surface area contributed by atoms with Crippen molar-refractivity contribution in [2.45, 2.75) is 44.6 Å². The molecule has 1 unspecified atom stereocenters. The molecule has 0 saturated heterocycles. The Balaban J connectivity index is 0.00000729. The van der Waals surface area contributed by atoms with Gasteiger partial charge in [-0.2, -0.15) is 0 Å². The number of nitrogens with one attached hydrogen (secondary N) is 2. The monoisotopic (exact) mass is 526 g/mol. The lowest BCUT2D eigenvalue weighted by Crippen LogP contribution is -2.40. The molecule has 0 aliphatic heterocycles. The van der Waals surface area contributed by atoms with Crippen molar-refractivity contribution in [2.75, 3.05) is 33.8 Å². The Morgan fingerprint density at radius 1 is 1.14 bits per heavy atom. The summed E-state index contributed by atoms with van der Waals surface area (Å²) < 4.78 is 25.4. The molecule has 0 spiro atoms. The van der Waals surface area contributed by atoms with Gasteiger partial charge in [0.1, 0.15) is 0 Å². The fourth-order valence-electron chi connectivity index (χ4n) is 2.67. The highest BCUT2D eigenvalue weighted by atomic mass is 127. The SMILES string of the molecule is CCCC(CCO)CNC(=NCc1ccc(S(=O)(=O)N(C)C)cc1)NCC.I. The number of rotatable bonds is 11. The van der Waals surface area contributed by atoms with Gasteiger partial charge in [-0.15, -0.1) is 24.0 Å². The fourth-order valence-corrected chi connectivity index (χ4v) is 3.57. The van der Waals surface area contributed by atoms with Crippen molar-refractivity contribution in [3.63, 3.8) is 0 Å². The van der Waals surface area contributed by atoms with E-state index in [1.807, 2.05) is 6.92 Å². The van der Waals surface area contributed by atoms with Gasteiger partial charge >= 0.3 is 0 Å². The second kappa shape index (κ2) is 14.1. The predicted molar refractivity (Wildman–Crippen MR) is 126 cm³/mol. The second-order valence-electron chi connectivity index (χ2n) is 6.67. The van der Waals surface area contributed by atoms with Crippen LogP contribution in [0.2, 0.25) is 0 Å². The molecule has 0 aliphatic carbocycles. The summed E-state index contributed by atoms with van der Waals surface area (Å²) in [7, 11) is -0.374. The molecule has 0 saturated carbocycles. The lowest BCUT2D eigenvalue weighted by atomic mass is 10.0. The number of benzene rings is 1. The first-order valence-corrected chi connectivity index (χ1v) is 10.9. The molecule has 0 radical (unpaired) electrons. The standard InChI is InChI=1S/C19H34N4O3S.HI/c1-5-7-16(12-13-24)14-21-19(20-6-2)22-15-17-8-10-18(11-9-17)27(25,26)23(3)4;/h8-11,16,24H,5-7,12-15H2,1-4H3,(H2,20,21,22);1H. The van der Waals surface area contributed by atoms with Crippen molar-refractivity contribution in [3.8, 4) is 0 Å². The van der Waals surface area contributed by atoms with Gasteiger partial charge in [0, 0.05) is 33.8 Å². The normalized spacial score (nSPS) is 13.1. The maximum Gasteiger partial charge on any atom is 0.242 e. The van der Waals surface area contributed by atoms with Crippen LogP contribution in [0, 0.1) is 5.92 Å². The largest absolute Gasteiger partial charge is 0.396 e. The Kier molecular flexibility index (Phi) is 13.7. The number of aliphatic hydroxyl groups is 1. The molecule has 0 aliphatic rings. The Labute approximate surface area is 187 Å². The van der Waals surface area contributed by atoms with Crippen molar-refractivity contribution in [1.29, 1.82) is 0 Å². The summed E-state index contributed by atoms with van der Waals surface area (Å²) in [5, 5.41) is 15.7. The number of hydrogen-bond donors (Lipinski definition) is 3. The van der Waals surface area contributed by atoms with Crippen LogP contribution in [0.15, 0.2) is 34.2 Å². The minimum atomic E-state index is -3.41. The van der Waals surface area contributed by atoms with Crippen LogP contribution in [0.4, 0.5) is 0 Å². The molecular formula is C19H35IN4O3S. The number of sulfonamides is 1. The summed E-state index contributed by atoms with van der Waals surface area (Å²) in [6.45, 7) is 6.32. The molecule has 3 N–H and O–H groups in total. The molecule has 0 amide bonds. The molecule has 1 atom stereocenters. The van der Waals surface area contributed by atoms with Crippen LogP contribution in [0.5, 0.6) is 0 Å². The molecule has 162 valence electrons. The Morgan fingerprint density at radius 3 is 2.29 bits per heavy atom. The average molecular weight is 526 g/mol. The molecule has 28 heavy (non-hydrogen) atoms. The number of nitrogens with zero attached hydrogens (tertiary/aromatic N) is 2. The topological polar surface area (TPSA) is 94.0 Å². The highest BCUT2D eigenvalue weighted by Gasteiger charge is 2.16.